The number of carbonyl (C=O) groups is 1. The smallest absolute Gasteiger partial charge is 0.224 e. The van der Waals surface area contributed by atoms with E-state index in [0.717, 1.165) is 31.4 Å². The monoisotopic (exact) mass is 354 g/mol. The average molecular weight is 354 g/mol. The largest absolute Gasteiger partial charge is 0.497 e. The number of nitrogens with one attached hydrogen (secondary N) is 1. The number of piperidine rings is 1. The third-order valence-corrected chi connectivity index (χ3v) is 5.57. The first-order valence-electron chi connectivity index (χ1n) is 8.26. The molecule has 1 atom stereocenters. The summed E-state index contributed by atoms with van der Waals surface area (Å²) in [7, 11) is -1.58. The second-order valence-corrected chi connectivity index (χ2v) is 8.19. The van der Waals surface area contributed by atoms with Crippen LogP contribution in [0.25, 0.3) is 0 Å². The van der Waals surface area contributed by atoms with Gasteiger partial charge >= 0.3 is 0 Å². The van der Waals surface area contributed by atoms with Crippen molar-refractivity contribution in [3.63, 3.8) is 0 Å². The number of amides is 1. The Hall–Kier alpha value is -1.60. The van der Waals surface area contributed by atoms with Crippen molar-refractivity contribution in [2.75, 3.05) is 33.0 Å². The minimum absolute atomic E-state index is 0.0472. The summed E-state index contributed by atoms with van der Waals surface area (Å²) in [6.07, 6.45) is 4.36. The molecule has 1 amide bonds. The third-order valence-electron chi connectivity index (χ3n) is 4.30. The molecule has 0 saturated carbocycles. The van der Waals surface area contributed by atoms with Gasteiger partial charge in [0, 0.05) is 19.6 Å². The molecule has 7 heteroatoms. The van der Waals surface area contributed by atoms with E-state index in [1.165, 1.54) is 16.1 Å². The summed E-state index contributed by atoms with van der Waals surface area (Å²) in [4.78, 5) is 12.2. The number of aryl methyl sites for hydroxylation is 1. The molecular weight excluding hydrogens is 328 g/mol. The van der Waals surface area contributed by atoms with E-state index < -0.39 is 10.0 Å². The van der Waals surface area contributed by atoms with Crippen LogP contribution < -0.4 is 10.1 Å². The van der Waals surface area contributed by atoms with Crippen LogP contribution in [0.2, 0.25) is 0 Å². The van der Waals surface area contributed by atoms with Crippen LogP contribution in [-0.2, 0) is 21.2 Å². The van der Waals surface area contributed by atoms with Gasteiger partial charge in [-0.05, 0) is 43.4 Å². The molecular formula is C17H26N2O4S. The molecule has 1 heterocycles. The highest BCUT2D eigenvalue weighted by Crippen LogP contribution is 2.19. The van der Waals surface area contributed by atoms with Gasteiger partial charge in [-0.1, -0.05) is 12.1 Å². The molecule has 1 aliphatic rings. The zero-order chi connectivity index (χ0) is 17.6. The van der Waals surface area contributed by atoms with Gasteiger partial charge < -0.3 is 10.1 Å². The van der Waals surface area contributed by atoms with Gasteiger partial charge in [0.25, 0.3) is 0 Å². The molecule has 0 spiro atoms. The molecule has 0 unspecified atom stereocenters. The van der Waals surface area contributed by atoms with E-state index in [1.807, 2.05) is 24.3 Å². The van der Waals surface area contributed by atoms with Gasteiger partial charge in [0.05, 0.1) is 19.3 Å². The summed E-state index contributed by atoms with van der Waals surface area (Å²) in [5.74, 6) is 0.541. The molecule has 1 aliphatic heterocycles. The van der Waals surface area contributed by atoms with E-state index in [-0.39, 0.29) is 11.8 Å². The number of ether oxygens (including phenoxy) is 1. The third kappa shape index (κ3) is 5.49. The summed E-state index contributed by atoms with van der Waals surface area (Å²) < 4.78 is 29.8. The molecule has 0 aliphatic carbocycles. The van der Waals surface area contributed by atoms with Crippen LogP contribution in [0.3, 0.4) is 0 Å². The lowest BCUT2D eigenvalue weighted by molar-refractivity contribution is -0.126. The second kappa shape index (κ2) is 8.48. The molecule has 1 aromatic carbocycles. The SMILES string of the molecule is COc1cccc(CCCNC(=O)[C@@H]2CCCN(S(C)(=O)=O)C2)c1. The lowest BCUT2D eigenvalue weighted by Crippen LogP contribution is -2.45. The minimum Gasteiger partial charge on any atom is -0.497 e. The quantitative estimate of drug-likeness (QED) is 0.752. The number of nitrogens with zero attached hydrogens (tertiary/aromatic N) is 1. The highest BCUT2D eigenvalue weighted by Gasteiger charge is 2.29. The molecule has 1 aromatic rings. The first kappa shape index (κ1) is 18.7. The maximum atomic E-state index is 12.2. The highest BCUT2D eigenvalue weighted by atomic mass is 32.2. The maximum Gasteiger partial charge on any atom is 0.224 e. The second-order valence-electron chi connectivity index (χ2n) is 6.21. The summed E-state index contributed by atoms with van der Waals surface area (Å²) in [6, 6.07) is 7.89. The van der Waals surface area contributed by atoms with Crippen LogP contribution in [-0.4, -0.2) is 51.6 Å². The van der Waals surface area contributed by atoms with Crippen molar-refractivity contribution in [1.29, 1.82) is 0 Å². The van der Waals surface area contributed by atoms with Crippen molar-refractivity contribution in [1.82, 2.24) is 9.62 Å². The Labute approximate surface area is 144 Å². The number of carbonyl (C=O) groups excluding carboxylic acids is 1. The zero-order valence-corrected chi connectivity index (χ0v) is 15.1. The average Bonchev–Trinajstić information content (AvgIpc) is 2.58. The fourth-order valence-corrected chi connectivity index (χ4v) is 3.85. The predicted molar refractivity (Wildman–Crippen MR) is 93.5 cm³/mol. The molecule has 134 valence electrons. The number of methoxy groups -OCH3 is 1. The van der Waals surface area contributed by atoms with Crippen LogP contribution in [0.1, 0.15) is 24.8 Å². The van der Waals surface area contributed by atoms with Gasteiger partial charge in [0.2, 0.25) is 15.9 Å². The molecule has 1 N–H and O–H groups in total. The van der Waals surface area contributed by atoms with Crippen LogP contribution in [0.5, 0.6) is 5.75 Å². The van der Waals surface area contributed by atoms with Crippen LogP contribution in [0.15, 0.2) is 24.3 Å². The van der Waals surface area contributed by atoms with E-state index in [0.29, 0.717) is 19.6 Å². The topological polar surface area (TPSA) is 75.7 Å². The zero-order valence-electron chi connectivity index (χ0n) is 14.3. The number of benzene rings is 1. The van der Waals surface area contributed by atoms with Gasteiger partial charge in [0.1, 0.15) is 5.75 Å². The van der Waals surface area contributed by atoms with Crippen molar-refractivity contribution in [2.24, 2.45) is 5.92 Å². The summed E-state index contributed by atoms with van der Waals surface area (Å²) in [5.41, 5.74) is 1.17. The maximum absolute atomic E-state index is 12.2. The number of rotatable bonds is 7. The number of hydrogen-bond acceptors (Lipinski definition) is 4. The molecule has 0 radical (unpaired) electrons. The lowest BCUT2D eigenvalue weighted by Gasteiger charge is -2.30. The Kier molecular flexibility index (Phi) is 6.62. The lowest BCUT2D eigenvalue weighted by atomic mass is 9.99. The first-order valence-corrected chi connectivity index (χ1v) is 10.1. The van der Waals surface area contributed by atoms with E-state index in [4.69, 9.17) is 4.74 Å². The van der Waals surface area contributed by atoms with Crippen LogP contribution in [0, 0.1) is 5.92 Å². The minimum atomic E-state index is -3.22. The number of sulfonamides is 1. The molecule has 1 saturated heterocycles. The van der Waals surface area contributed by atoms with E-state index in [9.17, 15) is 13.2 Å². The Bertz CT molecular complexity index is 660. The van der Waals surface area contributed by atoms with E-state index >= 15 is 0 Å². The van der Waals surface area contributed by atoms with Gasteiger partial charge in [-0.3, -0.25) is 4.79 Å². The van der Waals surface area contributed by atoms with E-state index in [2.05, 4.69) is 5.32 Å². The summed E-state index contributed by atoms with van der Waals surface area (Å²) in [6.45, 7) is 1.39. The van der Waals surface area contributed by atoms with Crippen molar-refractivity contribution in [3.05, 3.63) is 29.8 Å². The van der Waals surface area contributed by atoms with Crippen LogP contribution in [0.4, 0.5) is 0 Å². The Morgan fingerprint density at radius 2 is 2.21 bits per heavy atom. The fourth-order valence-electron chi connectivity index (χ4n) is 2.93. The molecule has 24 heavy (non-hydrogen) atoms. The summed E-state index contributed by atoms with van der Waals surface area (Å²) in [5, 5.41) is 2.93. The molecule has 2 rings (SSSR count). The van der Waals surface area contributed by atoms with Gasteiger partial charge in [-0.2, -0.15) is 0 Å². The first-order chi connectivity index (χ1) is 11.4. The van der Waals surface area contributed by atoms with Gasteiger partial charge in [-0.25, -0.2) is 12.7 Å². The standard InChI is InChI=1S/C17H26N2O4S/c1-23-16-9-3-6-14(12-16)7-4-10-18-17(20)15-8-5-11-19(13-15)24(2,21)22/h3,6,9,12,15H,4-5,7-8,10-11,13H2,1-2H3,(H,18,20)/t15-/m1/s1. The molecule has 0 bridgehead atoms. The van der Waals surface area contributed by atoms with Crippen LogP contribution >= 0.6 is 0 Å². The predicted octanol–water partition coefficient (Wildman–Crippen LogP) is 1.42. The van der Waals surface area contributed by atoms with Gasteiger partial charge in [-0.15, -0.1) is 0 Å². The van der Waals surface area contributed by atoms with Crippen molar-refractivity contribution in [3.8, 4) is 5.75 Å². The number of hydrogen-bond donors (Lipinski definition) is 1. The van der Waals surface area contributed by atoms with Gasteiger partial charge in [0.15, 0.2) is 0 Å². The molecule has 1 fully saturated rings. The Balaban J connectivity index is 1.74. The Morgan fingerprint density at radius 1 is 1.42 bits per heavy atom. The highest BCUT2D eigenvalue weighted by molar-refractivity contribution is 7.88. The normalized spacial score (nSPS) is 19.0. The van der Waals surface area contributed by atoms with Crippen molar-refractivity contribution >= 4 is 15.9 Å². The molecule has 0 aromatic heterocycles. The van der Waals surface area contributed by atoms with Crippen molar-refractivity contribution < 1.29 is 17.9 Å². The van der Waals surface area contributed by atoms with E-state index in [1.54, 1.807) is 7.11 Å². The van der Waals surface area contributed by atoms with Crippen molar-refractivity contribution in [2.45, 2.75) is 25.7 Å². The summed E-state index contributed by atoms with van der Waals surface area (Å²) >= 11 is 0. The Morgan fingerprint density at radius 3 is 2.92 bits per heavy atom. The fraction of sp³-hybridized carbons (Fsp3) is 0.588. The molecule has 6 nitrogen and oxygen atoms in total.